The monoisotopic (exact) mass is 583 g/mol. The molecule has 4 rings (SSSR count). The summed E-state index contributed by atoms with van der Waals surface area (Å²) in [5, 5.41) is 14.1. The molecule has 0 spiro atoms. The van der Waals surface area contributed by atoms with Gasteiger partial charge in [0.05, 0.1) is 36.3 Å². The van der Waals surface area contributed by atoms with Gasteiger partial charge in [0, 0.05) is 5.56 Å². The molecule has 0 aliphatic heterocycles. The van der Waals surface area contributed by atoms with Gasteiger partial charge >= 0.3 is 6.18 Å². The Balaban J connectivity index is 1.57. The zero-order chi connectivity index (χ0) is 29.6. The zero-order valence-electron chi connectivity index (χ0n) is 22.6. The van der Waals surface area contributed by atoms with Crippen LogP contribution in [0.4, 0.5) is 18.9 Å². The Morgan fingerprint density at radius 3 is 2.41 bits per heavy atom. The summed E-state index contributed by atoms with van der Waals surface area (Å²) in [5.41, 5.74) is 1.94. The second-order valence-electron chi connectivity index (χ2n) is 8.96. The van der Waals surface area contributed by atoms with Gasteiger partial charge in [0.1, 0.15) is 5.75 Å². The number of para-hydroxylation sites is 2. The minimum atomic E-state index is -4.61. The average Bonchev–Trinajstić information content (AvgIpc) is 3.36. The molecule has 0 bridgehead atoms. The van der Waals surface area contributed by atoms with E-state index in [1.54, 1.807) is 35.9 Å². The van der Waals surface area contributed by atoms with Crippen LogP contribution in [0.15, 0.2) is 71.9 Å². The molecule has 1 heterocycles. The standard InChI is InChI=1S/C29H28F3N5O3S/c1-4-19-9-7-8-18(2)26(19)37-24(16-33-27(39)20-12-14-21(40-3)15-13-20)35-36-28(37)41-17-25(38)34-23-11-6-5-10-22(23)29(30,31)32/h5-15H,4,16-17H2,1-3H3,(H,33,39)(H,34,38). The number of nitrogens with zero attached hydrogens (tertiary/aromatic N) is 3. The van der Waals surface area contributed by atoms with Crippen molar-refractivity contribution in [3.63, 3.8) is 0 Å². The van der Waals surface area contributed by atoms with Crippen LogP contribution in [0, 0.1) is 6.92 Å². The van der Waals surface area contributed by atoms with Crippen molar-refractivity contribution in [2.75, 3.05) is 18.2 Å². The first-order valence-electron chi connectivity index (χ1n) is 12.7. The highest BCUT2D eigenvalue weighted by Crippen LogP contribution is 2.35. The molecular weight excluding hydrogens is 555 g/mol. The first-order chi connectivity index (χ1) is 19.6. The summed E-state index contributed by atoms with van der Waals surface area (Å²) in [4.78, 5) is 25.5. The van der Waals surface area contributed by atoms with Gasteiger partial charge in [-0.3, -0.25) is 14.2 Å². The Kier molecular flexibility index (Phi) is 9.33. The van der Waals surface area contributed by atoms with Crippen LogP contribution in [0.2, 0.25) is 0 Å². The van der Waals surface area contributed by atoms with E-state index in [2.05, 4.69) is 20.8 Å². The Bertz CT molecular complexity index is 1540. The molecule has 0 aliphatic carbocycles. The molecule has 3 aromatic carbocycles. The van der Waals surface area contributed by atoms with Gasteiger partial charge in [0.15, 0.2) is 11.0 Å². The molecule has 0 saturated carbocycles. The van der Waals surface area contributed by atoms with Crippen LogP contribution in [0.5, 0.6) is 5.75 Å². The highest BCUT2D eigenvalue weighted by Gasteiger charge is 2.33. The number of hydrogen-bond acceptors (Lipinski definition) is 6. The van der Waals surface area contributed by atoms with E-state index in [-0.39, 0.29) is 23.9 Å². The zero-order valence-corrected chi connectivity index (χ0v) is 23.4. The molecule has 4 aromatic rings. The third kappa shape index (κ3) is 7.07. The molecule has 8 nitrogen and oxygen atoms in total. The average molecular weight is 584 g/mol. The highest BCUT2D eigenvalue weighted by atomic mass is 32.2. The Labute approximate surface area is 239 Å². The minimum absolute atomic E-state index is 0.0427. The fraction of sp³-hybridized carbons (Fsp3) is 0.241. The van der Waals surface area contributed by atoms with Crippen LogP contribution in [0.1, 0.15) is 39.8 Å². The fourth-order valence-corrected chi connectivity index (χ4v) is 4.97. The number of rotatable bonds is 10. The first kappa shape index (κ1) is 29.7. The van der Waals surface area contributed by atoms with Crippen molar-refractivity contribution in [3.8, 4) is 11.4 Å². The SMILES string of the molecule is CCc1cccc(C)c1-n1c(CNC(=O)c2ccc(OC)cc2)nnc1SCC(=O)Nc1ccccc1C(F)(F)F. The number of ether oxygens (including phenoxy) is 1. The first-order valence-corrected chi connectivity index (χ1v) is 13.6. The van der Waals surface area contributed by atoms with Crippen molar-refractivity contribution in [2.45, 2.75) is 38.1 Å². The van der Waals surface area contributed by atoms with Crippen molar-refractivity contribution in [1.29, 1.82) is 0 Å². The van der Waals surface area contributed by atoms with Crippen LogP contribution in [0.25, 0.3) is 5.69 Å². The summed E-state index contributed by atoms with van der Waals surface area (Å²) in [7, 11) is 1.54. The van der Waals surface area contributed by atoms with E-state index in [0.29, 0.717) is 28.7 Å². The van der Waals surface area contributed by atoms with E-state index in [1.807, 2.05) is 32.0 Å². The van der Waals surface area contributed by atoms with Gasteiger partial charge in [-0.15, -0.1) is 10.2 Å². The van der Waals surface area contributed by atoms with Crippen LogP contribution in [-0.2, 0) is 23.9 Å². The topological polar surface area (TPSA) is 98.1 Å². The number of halogens is 3. The van der Waals surface area contributed by atoms with Crippen molar-refractivity contribution in [2.24, 2.45) is 0 Å². The molecule has 0 atom stereocenters. The number of nitrogens with one attached hydrogen (secondary N) is 2. The number of alkyl halides is 3. The number of benzene rings is 3. The second-order valence-corrected chi connectivity index (χ2v) is 9.90. The van der Waals surface area contributed by atoms with Crippen LogP contribution in [0.3, 0.4) is 0 Å². The molecule has 0 saturated heterocycles. The lowest BCUT2D eigenvalue weighted by atomic mass is 10.1. The molecule has 0 aliphatic rings. The number of carbonyl (C=O) groups is 2. The highest BCUT2D eigenvalue weighted by molar-refractivity contribution is 7.99. The lowest BCUT2D eigenvalue weighted by molar-refractivity contribution is -0.137. The predicted octanol–water partition coefficient (Wildman–Crippen LogP) is 5.83. The normalized spacial score (nSPS) is 11.3. The number of hydrogen-bond donors (Lipinski definition) is 2. The Morgan fingerprint density at radius 1 is 1.00 bits per heavy atom. The Morgan fingerprint density at radius 2 is 1.73 bits per heavy atom. The lowest BCUT2D eigenvalue weighted by Gasteiger charge is -2.17. The van der Waals surface area contributed by atoms with E-state index in [0.717, 1.165) is 34.6 Å². The van der Waals surface area contributed by atoms with Crippen molar-refractivity contribution < 1.29 is 27.5 Å². The summed E-state index contributed by atoms with van der Waals surface area (Å²) in [6.07, 6.45) is -3.91. The third-order valence-corrected chi connectivity index (χ3v) is 7.15. The molecule has 0 unspecified atom stereocenters. The second kappa shape index (κ2) is 12.9. The summed E-state index contributed by atoms with van der Waals surface area (Å²) in [5.74, 6) is -0.104. The summed E-state index contributed by atoms with van der Waals surface area (Å²) < 4.78 is 47.0. The lowest BCUT2D eigenvalue weighted by Crippen LogP contribution is -2.25. The minimum Gasteiger partial charge on any atom is -0.497 e. The quantitative estimate of drug-likeness (QED) is 0.228. The van der Waals surface area contributed by atoms with Crippen molar-refractivity contribution >= 4 is 29.3 Å². The largest absolute Gasteiger partial charge is 0.497 e. The van der Waals surface area contributed by atoms with Crippen molar-refractivity contribution in [1.82, 2.24) is 20.1 Å². The van der Waals surface area contributed by atoms with E-state index in [1.165, 1.54) is 18.2 Å². The molecule has 0 radical (unpaired) electrons. The van der Waals surface area contributed by atoms with E-state index < -0.39 is 17.6 Å². The van der Waals surface area contributed by atoms with Crippen LogP contribution in [-0.4, -0.2) is 39.4 Å². The van der Waals surface area contributed by atoms with Crippen LogP contribution < -0.4 is 15.4 Å². The predicted molar refractivity (Wildman–Crippen MR) is 150 cm³/mol. The molecule has 2 amide bonds. The van der Waals surface area contributed by atoms with Gasteiger partial charge in [-0.25, -0.2) is 0 Å². The molecular formula is C29H28F3N5O3S. The van der Waals surface area contributed by atoms with Gasteiger partial charge in [0.2, 0.25) is 5.91 Å². The van der Waals surface area contributed by atoms with Gasteiger partial charge in [-0.05, 0) is 60.9 Å². The summed E-state index contributed by atoms with van der Waals surface area (Å²) >= 11 is 1.04. The number of aryl methyl sites for hydroxylation is 2. The van der Waals surface area contributed by atoms with Crippen LogP contribution >= 0.6 is 11.8 Å². The number of carbonyl (C=O) groups excluding carboxylic acids is 2. The van der Waals surface area contributed by atoms with Gasteiger partial charge in [-0.2, -0.15) is 13.2 Å². The summed E-state index contributed by atoms with van der Waals surface area (Å²) in [6.45, 7) is 3.98. The van der Waals surface area contributed by atoms with E-state index in [4.69, 9.17) is 4.74 Å². The number of aromatic nitrogens is 3. The van der Waals surface area contributed by atoms with Crippen molar-refractivity contribution in [3.05, 3.63) is 94.8 Å². The van der Waals surface area contributed by atoms with E-state index >= 15 is 0 Å². The molecule has 41 heavy (non-hydrogen) atoms. The number of anilines is 1. The van der Waals surface area contributed by atoms with Gasteiger partial charge in [-0.1, -0.05) is 49.0 Å². The maximum atomic E-state index is 13.4. The summed E-state index contributed by atoms with van der Waals surface area (Å²) in [6, 6.07) is 17.3. The fourth-order valence-electron chi connectivity index (χ4n) is 4.22. The molecule has 214 valence electrons. The molecule has 12 heteroatoms. The number of thioether (sulfide) groups is 1. The smallest absolute Gasteiger partial charge is 0.418 e. The van der Waals surface area contributed by atoms with Gasteiger partial charge < -0.3 is 15.4 Å². The maximum Gasteiger partial charge on any atom is 0.418 e. The molecule has 1 aromatic heterocycles. The number of methoxy groups -OCH3 is 1. The third-order valence-electron chi connectivity index (χ3n) is 6.22. The molecule has 0 fully saturated rings. The Hall–Kier alpha value is -4.32. The van der Waals surface area contributed by atoms with E-state index in [9.17, 15) is 22.8 Å². The van der Waals surface area contributed by atoms with Gasteiger partial charge in [0.25, 0.3) is 5.91 Å². The molecule has 2 N–H and O–H groups in total. The number of amides is 2. The maximum absolute atomic E-state index is 13.4.